The van der Waals surface area contributed by atoms with Crippen molar-refractivity contribution in [2.45, 2.75) is 113 Å². The number of ether oxygens (including phenoxy) is 1. The summed E-state index contributed by atoms with van der Waals surface area (Å²) in [4.78, 5) is 24.9. The first-order valence-corrected chi connectivity index (χ1v) is 14.8. The minimum Gasteiger partial charge on any atom is -0.465 e. The minimum absolute atomic E-state index is 0.00500. The Morgan fingerprint density at radius 3 is 2.32 bits per heavy atom. The number of Topliss-reactive ketones (excluding diaryl/α,β-unsaturated/α-hetero) is 1. The second-order valence-electron chi connectivity index (χ2n) is 15.2. The highest BCUT2D eigenvalue weighted by Gasteiger charge is 2.73. The molecule has 5 nitrogen and oxygen atoms in total. The summed E-state index contributed by atoms with van der Waals surface area (Å²) in [6.07, 6.45) is 7.04. The van der Waals surface area contributed by atoms with Crippen molar-refractivity contribution in [3.63, 3.8) is 0 Å². The van der Waals surface area contributed by atoms with Crippen LogP contribution in [0, 0.1) is 56.7 Å². The third-order valence-corrected chi connectivity index (χ3v) is 13.2. The van der Waals surface area contributed by atoms with Crippen LogP contribution < -0.4 is 0 Å². The van der Waals surface area contributed by atoms with Crippen LogP contribution in [0.1, 0.15) is 100 Å². The van der Waals surface area contributed by atoms with Crippen molar-refractivity contribution >= 4 is 11.8 Å². The number of aliphatic hydroxyl groups excluding tert-OH is 2. The lowest BCUT2D eigenvalue weighted by Crippen LogP contribution is -2.66. The minimum atomic E-state index is -0.500. The van der Waals surface area contributed by atoms with Crippen molar-refractivity contribution < 1.29 is 24.5 Å². The Balaban J connectivity index is 1.62. The van der Waals surface area contributed by atoms with Crippen LogP contribution in [0.25, 0.3) is 0 Å². The predicted molar refractivity (Wildman–Crippen MR) is 143 cm³/mol. The fourth-order valence-electron chi connectivity index (χ4n) is 11.2. The van der Waals surface area contributed by atoms with E-state index in [2.05, 4.69) is 54.5 Å². The van der Waals surface area contributed by atoms with Gasteiger partial charge in [0.25, 0.3) is 0 Å². The normalized spacial score (nSPS) is 50.5. The Morgan fingerprint density at radius 1 is 1.03 bits per heavy atom. The molecule has 4 saturated carbocycles. The molecule has 0 aromatic heterocycles. The predicted octanol–water partition coefficient (Wildman–Crippen LogP) is 5.72. The number of carbonyl (C=O) groups excluding carboxylic acids is 2. The smallest absolute Gasteiger partial charge is 0.302 e. The van der Waals surface area contributed by atoms with Gasteiger partial charge in [-0.15, -0.1) is 0 Å². The van der Waals surface area contributed by atoms with Gasteiger partial charge in [-0.3, -0.25) is 9.59 Å². The van der Waals surface area contributed by atoms with E-state index in [4.69, 9.17) is 4.74 Å². The Bertz CT molecular complexity index is 1010. The average molecular weight is 515 g/mol. The Kier molecular flexibility index (Phi) is 6.21. The van der Waals surface area contributed by atoms with Crippen molar-refractivity contribution in [1.29, 1.82) is 0 Å². The third-order valence-electron chi connectivity index (χ3n) is 13.2. The van der Waals surface area contributed by atoms with E-state index in [0.717, 1.165) is 32.1 Å². The number of aliphatic hydroxyl groups is 2. The summed E-state index contributed by atoms with van der Waals surface area (Å²) in [7, 11) is 0. The van der Waals surface area contributed by atoms with Gasteiger partial charge in [0.2, 0.25) is 0 Å². The molecule has 0 heterocycles. The summed E-state index contributed by atoms with van der Waals surface area (Å²) in [5.74, 6) is 0.925. The van der Waals surface area contributed by atoms with E-state index < -0.39 is 17.6 Å². The number of carbonyl (C=O) groups is 2. The number of ketones is 1. The van der Waals surface area contributed by atoms with E-state index in [9.17, 15) is 19.8 Å². The molecule has 0 aromatic carbocycles. The highest BCUT2D eigenvalue weighted by atomic mass is 16.5. The number of fused-ring (bicyclic) bond motifs is 7. The van der Waals surface area contributed by atoms with Crippen molar-refractivity contribution in [2.24, 2.45) is 56.7 Å². The lowest BCUT2D eigenvalue weighted by atomic mass is 9.35. The maximum Gasteiger partial charge on any atom is 0.302 e. The highest BCUT2D eigenvalue weighted by molar-refractivity contribution is 5.85. The molecule has 0 amide bonds. The van der Waals surface area contributed by atoms with Crippen LogP contribution in [0.3, 0.4) is 0 Å². The molecule has 0 aromatic rings. The van der Waals surface area contributed by atoms with Gasteiger partial charge in [0.15, 0.2) is 0 Å². The molecule has 10 atom stereocenters. The van der Waals surface area contributed by atoms with Gasteiger partial charge < -0.3 is 14.9 Å². The van der Waals surface area contributed by atoms with Gasteiger partial charge in [0.1, 0.15) is 5.78 Å². The molecule has 5 aliphatic rings. The molecule has 37 heavy (non-hydrogen) atoms. The first kappa shape index (κ1) is 27.4. The molecule has 5 heteroatoms. The number of hydrogen-bond acceptors (Lipinski definition) is 5. The van der Waals surface area contributed by atoms with E-state index in [1.807, 2.05) is 0 Å². The zero-order chi connectivity index (χ0) is 27.3. The molecule has 2 N–H and O–H groups in total. The van der Waals surface area contributed by atoms with Crippen molar-refractivity contribution in [3.05, 3.63) is 11.6 Å². The molecule has 0 radical (unpaired) electrons. The van der Waals surface area contributed by atoms with Gasteiger partial charge in [-0.05, 0) is 72.5 Å². The summed E-state index contributed by atoms with van der Waals surface area (Å²) >= 11 is 0. The van der Waals surface area contributed by atoms with Crippen LogP contribution in [0.15, 0.2) is 11.6 Å². The maximum atomic E-state index is 12.9. The first-order chi connectivity index (χ1) is 17.1. The SMILES string of the molecule is CC(=O)OC[C@@]12CC[C@@]3(C)[C@H]4C(=CC[C@]3(C)[C@H]1[C@H](O)C[C@H]2C(C)C)[C@@]1(C)CCC(=O)C(C)(C)[C@@H]1C[C@@H]4O. The third kappa shape index (κ3) is 3.41. The number of hydrogen-bond donors (Lipinski definition) is 2. The molecule has 0 unspecified atom stereocenters. The summed E-state index contributed by atoms with van der Waals surface area (Å²) in [5.41, 5.74) is 0.188. The van der Waals surface area contributed by atoms with E-state index in [1.165, 1.54) is 12.5 Å². The summed E-state index contributed by atoms with van der Waals surface area (Å²) in [6, 6.07) is 0. The maximum absolute atomic E-state index is 12.9. The van der Waals surface area contributed by atoms with Crippen LogP contribution in [0.2, 0.25) is 0 Å². The van der Waals surface area contributed by atoms with Gasteiger partial charge in [0.05, 0.1) is 18.8 Å². The molecule has 5 rings (SSSR count). The van der Waals surface area contributed by atoms with Crippen molar-refractivity contribution in [2.75, 3.05) is 6.61 Å². The van der Waals surface area contributed by atoms with Gasteiger partial charge in [0, 0.05) is 36.0 Å². The summed E-state index contributed by atoms with van der Waals surface area (Å²) in [5, 5.41) is 23.6. The van der Waals surface area contributed by atoms with Crippen molar-refractivity contribution in [3.8, 4) is 0 Å². The van der Waals surface area contributed by atoms with Gasteiger partial charge >= 0.3 is 5.97 Å². The fourth-order valence-corrected chi connectivity index (χ4v) is 11.2. The molecule has 0 saturated heterocycles. The largest absolute Gasteiger partial charge is 0.465 e. The Labute approximate surface area is 223 Å². The monoisotopic (exact) mass is 514 g/mol. The summed E-state index contributed by atoms with van der Waals surface area (Å²) < 4.78 is 5.77. The van der Waals surface area contributed by atoms with Gasteiger partial charge in [-0.2, -0.15) is 0 Å². The molecule has 0 aliphatic heterocycles. The standard InChI is InChI=1S/C32H50O5/c1-18(2)21-15-23(35)27-31(8)12-9-20-26(30(31,7)13-14-32(21,27)17-37-19(3)33)22(34)16-24-28(4,5)25(36)10-11-29(20,24)6/h9,18,21-24,26-27,34-35H,10-17H2,1-8H3/t21-,22-,23+,24-,26-,27+,29+,30-,31+,32+/m0/s1. The van der Waals surface area contributed by atoms with Crippen LogP contribution >= 0.6 is 0 Å². The second-order valence-corrected chi connectivity index (χ2v) is 15.2. The zero-order valence-electron chi connectivity index (χ0n) is 24.4. The lowest BCUT2D eigenvalue weighted by molar-refractivity contribution is -0.210. The van der Waals surface area contributed by atoms with Gasteiger partial charge in [-0.1, -0.05) is 60.1 Å². The quantitative estimate of drug-likeness (QED) is 0.372. The first-order valence-electron chi connectivity index (χ1n) is 14.8. The fraction of sp³-hybridized carbons (Fsp3) is 0.875. The molecule has 0 spiro atoms. The molecule has 5 aliphatic carbocycles. The van der Waals surface area contributed by atoms with Gasteiger partial charge in [-0.25, -0.2) is 0 Å². The molecular formula is C32H50O5. The lowest BCUT2D eigenvalue weighted by Gasteiger charge is -2.69. The molecular weight excluding hydrogens is 464 g/mol. The number of rotatable bonds is 3. The highest BCUT2D eigenvalue weighted by Crippen LogP contribution is 2.76. The Morgan fingerprint density at radius 2 is 1.70 bits per heavy atom. The van der Waals surface area contributed by atoms with E-state index in [-0.39, 0.29) is 45.4 Å². The topological polar surface area (TPSA) is 83.8 Å². The molecule has 208 valence electrons. The van der Waals surface area contributed by atoms with E-state index in [0.29, 0.717) is 37.1 Å². The second kappa shape index (κ2) is 8.40. The van der Waals surface area contributed by atoms with Crippen LogP contribution in [-0.2, 0) is 14.3 Å². The van der Waals surface area contributed by atoms with E-state index in [1.54, 1.807) is 0 Å². The Hall–Kier alpha value is -1.20. The zero-order valence-corrected chi connectivity index (χ0v) is 24.4. The molecule has 0 bridgehead atoms. The van der Waals surface area contributed by atoms with Crippen LogP contribution in [0.4, 0.5) is 0 Å². The van der Waals surface area contributed by atoms with Crippen LogP contribution in [-0.4, -0.2) is 40.8 Å². The average Bonchev–Trinajstić information content (AvgIpc) is 3.11. The van der Waals surface area contributed by atoms with Crippen LogP contribution in [0.5, 0.6) is 0 Å². The van der Waals surface area contributed by atoms with E-state index >= 15 is 0 Å². The number of esters is 1. The van der Waals surface area contributed by atoms with Crippen molar-refractivity contribution in [1.82, 2.24) is 0 Å². The number of allylic oxidation sites excluding steroid dienone is 1. The summed E-state index contributed by atoms with van der Waals surface area (Å²) in [6.45, 7) is 17.6. The molecule has 4 fully saturated rings.